The van der Waals surface area contributed by atoms with E-state index in [4.69, 9.17) is 0 Å². The van der Waals surface area contributed by atoms with Crippen LogP contribution in [-0.2, 0) is 5.75 Å². The molecule has 2 nitrogen and oxygen atoms in total. The number of fused-ring (bicyclic) bond motifs is 1. The van der Waals surface area contributed by atoms with Crippen molar-refractivity contribution >= 4 is 45.3 Å². The molecule has 0 amide bonds. The lowest BCUT2D eigenvalue weighted by Crippen LogP contribution is -1.83. The molecule has 96 valence electrons. The van der Waals surface area contributed by atoms with Gasteiger partial charge >= 0.3 is 0 Å². The monoisotopic (exact) mass is 384 g/mol. The number of H-pyrrole nitrogens is 1. The molecule has 0 aliphatic carbocycles. The number of halogens is 2. The van der Waals surface area contributed by atoms with Crippen molar-refractivity contribution in [3.63, 3.8) is 0 Å². The van der Waals surface area contributed by atoms with Crippen LogP contribution in [0.15, 0.2) is 47.4 Å². The lowest BCUT2D eigenvalue weighted by atomic mass is 10.2. The van der Waals surface area contributed by atoms with Gasteiger partial charge in [-0.15, -0.1) is 11.8 Å². The summed E-state index contributed by atoms with van der Waals surface area (Å²) in [5.74, 6) is 0.610. The first-order valence-electron chi connectivity index (χ1n) is 5.74. The van der Waals surface area contributed by atoms with Gasteiger partial charge in [-0.05, 0) is 40.3 Å². The van der Waals surface area contributed by atoms with Crippen LogP contribution in [0.3, 0.4) is 0 Å². The highest BCUT2D eigenvalue weighted by Gasteiger charge is 2.10. The van der Waals surface area contributed by atoms with E-state index in [0.717, 1.165) is 14.3 Å². The van der Waals surface area contributed by atoms with Gasteiger partial charge in [0.05, 0.1) is 10.9 Å². The molecule has 1 heterocycles. The Morgan fingerprint density at radius 2 is 2.00 bits per heavy atom. The van der Waals surface area contributed by atoms with Crippen molar-refractivity contribution in [1.29, 1.82) is 0 Å². The summed E-state index contributed by atoms with van der Waals surface area (Å²) in [5.41, 5.74) is 1.91. The Kier molecular flexibility index (Phi) is 3.74. The standard InChI is InChI=1S/C14H10FIN2S/c15-11-6-10(7-12-13(11)14(16)18-17-12)19-8-9-4-2-1-3-5-9/h1-7H,8H2,(H,17,18). The smallest absolute Gasteiger partial charge is 0.136 e. The Hall–Kier alpha value is -1.08. The number of thioether (sulfide) groups is 1. The van der Waals surface area contributed by atoms with Gasteiger partial charge < -0.3 is 0 Å². The molecule has 0 saturated heterocycles. The highest BCUT2D eigenvalue weighted by Crippen LogP contribution is 2.29. The van der Waals surface area contributed by atoms with E-state index in [1.165, 1.54) is 5.56 Å². The summed E-state index contributed by atoms with van der Waals surface area (Å²) < 4.78 is 14.7. The molecule has 5 heteroatoms. The van der Waals surface area contributed by atoms with E-state index in [0.29, 0.717) is 10.9 Å². The molecule has 0 atom stereocenters. The van der Waals surface area contributed by atoms with Gasteiger partial charge in [-0.25, -0.2) is 4.39 Å². The lowest BCUT2D eigenvalue weighted by molar-refractivity contribution is 0.636. The van der Waals surface area contributed by atoms with Crippen molar-refractivity contribution < 1.29 is 4.39 Å². The summed E-state index contributed by atoms with van der Waals surface area (Å²) in [4.78, 5) is 0.900. The minimum Gasteiger partial charge on any atom is -0.271 e. The van der Waals surface area contributed by atoms with Crippen LogP contribution in [-0.4, -0.2) is 10.2 Å². The van der Waals surface area contributed by atoms with Crippen LogP contribution in [0.4, 0.5) is 4.39 Å². The zero-order valence-corrected chi connectivity index (χ0v) is 12.8. The van der Waals surface area contributed by atoms with Gasteiger partial charge in [0.25, 0.3) is 0 Å². The molecule has 1 N–H and O–H groups in total. The van der Waals surface area contributed by atoms with Crippen molar-refractivity contribution in [1.82, 2.24) is 10.2 Å². The van der Waals surface area contributed by atoms with Crippen molar-refractivity contribution in [3.05, 3.63) is 57.5 Å². The first-order chi connectivity index (χ1) is 9.24. The second-order valence-corrected chi connectivity index (χ2v) is 6.24. The topological polar surface area (TPSA) is 28.7 Å². The molecular weight excluding hydrogens is 374 g/mol. The lowest BCUT2D eigenvalue weighted by Gasteiger charge is -2.03. The Labute approximate surface area is 127 Å². The first-order valence-corrected chi connectivity index (χ1v) is 7.80. The molecule has 0 spiro atoms. The average Bonchev–Trinajstić information content (AvgIpc) is 2.80. The summed E-state index contributed by atoms with van der Waals surface area (Å²) in [6.07, 6.45) is 0. The number of aromatic nitrogens is 2. The van der Waals surface area contributed by atoms with E-state index in [1.807, 2.05) is 24.3 Å². The van der Waals surface area contributed by atoms with Crippen LogP contribution in [0.1, 0.15) is 5.56 Å². The number of hydrogen-bond acceptors (Lipinski definition) is 2. The van der Waals surface area contributed by atoms with Crippen LogP contribution in [0.25, 0.3) is 10.9 Å². The summed E-state index contributed by atoms with van der Waals surface area (Å²) in [7, 11) is 0. The molecule has 3 rings (SSSR count). The summed E-state index contributed by atoms with van der Waals surface area (Å²) in [6.45, 7) is 0. The zero-order valence-electron chi connectivity index (χ0n) is 9.86. The Bertz CT molecular complexity index is 712. The fourth-order valence-corrected chi connectivity index (χ4v) is 3.43. The fraction of sp³-hybridized carbons (Fsp3) is 0.0714. The highest BCUT2D eigenvalue weighted by molar-refractivity contribution is 14.1. The molecular formula is C14H10FIN2S. The second-order valence-electron chi connectivity index (χ2n) is 4.11. The SMILES string of the molecule is Fc1cc(SCc2ccccc2)cc2n[nH]c(I)c12. The maximum Gasteiger partial charge on any atom is 0.136 e. The largest absolute Gasteiger partial charge is 0.271 e. The molecule has 0 radical (unpaired) electrons. The van der Waals surface area contributed by atoms with E-state index >= 15 is 0 Å². The Morgan fingerprint density at radius 3 is 2.79 bits per heavy atom. The average molecular weight is 384 g/mol. The molecule has 0 aliphatic rings. The maximum absolute atomic E-state index is 14.0. The molecule has 0 aliphatic heterocycles. The number of rotatable bonds is 3. The van der Waals surface area contributed by atoms with Crippen molar-refractivity contribution in [2.24, 2.45) is 0 Å². The first kappa shape index (κ1) is 12.9. The number of nitrogens with one attached hydrogen (secondary N) is 1. The van der Waals surface area contributed by atoms with Gasteiger partial charge in [0.2, 0.25) is 0 Å². The van der Waals surface area contributed by atoms with E-state index in [9.17, 15) is 4.39 Å². The normalized spacial score (nSPS) is 11.1. The molecule has 19 heavy (non-hydrogen) atoms. The zero-order chi connectivity index (χ0) is 13.2. The third-order valence-electron chi connectivity index (χ3n) is 2.79. The number of benzene rings is 2. The van der Waals surface area contributed by atoms with Gasteiger partial charge in [0.15, 0.2) is 0 Å². The van der Waals surface area contributed by atoms with Gasteiger partial charge in [0, 0.05) is 10.6 Å². The summed E-state index contributed by atoms with van der Waals surface area (Å²) >= 11 is 3.67. The fourth-order valence-electron chi connectivity index (χ4n) is 1.86. The van der Waals surface area contributed by atoms with Crippen LogP contribution >= 0.6 is 34.4 Å². The van der Waals surface area contributed by atoms with Crippen LogP contribution in [0, 0.1) is 9.52 Å². The predicted molar refractivity (Wildman–Crippen MR) is 84.8 cm³/mol. The van der Waals surface area contributed by atoms with E-state index in [-0.39, 0.29) is 5.82 Å². The molecule has 0 fully saturated rings. The predicted octanol–water partition coefficient (Wildman–Crippen LogP) is 4.60. The van der Waals surface area contributed by atoms with Crippen molar-refractivity contribution in [2.45, 2.75) is 10.6 Å². The quantitative estimate of drug-likeness (QED) is 0.528. The number of aromatic amines is 1. The molecule has 0 unspecified atom stereocenters. The van der Waals surface area contributed by atoms with Gasteiger partial charge in [-0.2, -0.15) is 5.10 Å². The number of nitrogens with zero attached hydrogens (tertiary/aromatic N) is 1. The second kappa shape index (κ2) is 5.50. The third-order valence-corrected chi connectivity index (χ3v) is 4.61. The Balaban J connectivity index is 1.86. The van der Waals surface area contributed by atoms with E-state index in [2.05, 4.69) is 44.9 Å². The minimum absolute atomic E-state index is 0.216. The third kappa shape index (κ3) is 2.76. The molecule has 1 aromatic heterocycles. The minimum atomic E-state index is -0.216. The van der Waals surface area contributed by atoms with Crippen LogP contribution in [0.2, 0.25) is 0 Å². The van der Waals surface area contributed by atoms with Crippen LogP contribution < -0.4 is 0 Å². The summed E-state index contributed by atoms with van der Waals surface area (Å²) in [6, 6.07) is 13.6. The van der Waals surface area contributed by atoms with Crippen molar-refractivity contribution in [2.75, 3.05) is 0 Å². The molecule has 0 saturated carbocycles. The van der Waals surface area contributed by atoms with Gasteiger partial charge in [-0.1, -0.05) is 30.3 Å². The molecule has 2 aromatic carbocycles. The molecule has 0 bridgehead atoms. The Morgan fingerprint density at radius 1 is 1.21 bits per heavy atom. The van der Waals surface area contributed by atoms with E-state index < -0.39 is 0 Å². The number of hydrogen-bond donors (Lipinski definition) is 1. The van der Waals surface area contributed by atoms with Crippen LogP contribution in [0.5, 0.6) is 0 Å². The molecule has 3 aromatic rings. The van der Waals surface area contributed by atoms with Gasteiger partial charge in [-0.3, -0.25) is 5.10 Å². The van der Waals surface area contributed by atoms with E-state index in [1.54, 1.807) is 17.8 Å². The summed E-state index contributed by atoms with van der Waals surface area (Å²) in [5, 5.41) is 7.49. The highest BCUT2D eigenvalue weighted by atomic mass is 127. The van der Waals surface area contributed by atoms with Crippen molar-refractivity contribution in [3.8, 4) is 0 Å². The van der Waals surface area contributed by atoms with Gasteiger partial charge in [0.1, 0.15) is 9.52 Å². The maximum atomic E-state index is 14.0.